The molecule has 1 aromatic rings. The van der Waals surface area contributed by atoms with Gasteiger partial charge < -0.3 is 4.90 Å². The second-order valence-electron chi connectivity index (χ2n) is 8.80. The molecule has 4 rings (SSSR count). The van der Waals surface area contributed by atoms with Crippen molar-refractivity contribution < 1.29 is 4.79 Å². The van der Waals surface area contributed by atoms with Crippen LogP contribution in [-0.4, -0.2) is 59.0 Å². The number of carbonyl (C=O) groups excluding carboxylic acids is 1. The number of nitrogens with zero attached hydrogens (tertiary/aromatic N) is 3. The molecular formula is C21H33N5O. The zero-order chi connectivity index (χ0) is 18.8. The van der Waals surface area contributed by atoms with Gasteiger partial charge >= 0.3 is 0 Å². The standard InChI is InChI=1S/C21H33N5O/c1-15(2)20-14-26(11-3-10-25(20)13-16-4-5-16)21(27)19-12-18(23-24-19)17-6-8-22-9-7-17/h6-9,15-16,18-20,23-24H,3-5,10-14H2,1-2H3. The van der Waals surface area contributed by atoms with Gasteiger partial charge in [0.15, 0.2) is 0 Å². The summed E-state index contributed by atoms with van der Waals surface area (Å²) in [4.78, 5) is 22.1. The minimum atomic E-state index is -0.147. The summed E-state index contributed by atoms with van der Waals surface area (Å²) in [5.41, 5.74) is 7.72. The van der Waals surface area contributed by atoms with Crippen molar-refractivity contribution in [2.75, 3.05) is 26.2 Å². The van der Waals surface area contributed by atoms with Gasteiger partial charge in [0.1, 0.15) is 6.04 Å². The van der Waals surface area contributed by atoms with Crippen LogP contribution in [-0.2, 0) is 4.79 Å². The van der Waals surface area contributed by atoms with Crippen LogP contribution in [0.4, 0.5) is 0 Å². The molecule has 1 saturated carbocycles. The molecule has 27 heavy (non-hydrogen) atoms. The summed E-state index contributed by atoms with van der Waals surface area (Å²) in [5.74, 6) is 1.71. The van der Waals surface area contributed by atoms with Gasteiger partial charge in [-0.15, -0.1) is 0 Å². The van der Waals surface area contributed by atoms with Gasteiger partial charge in [-0.1, -0.05) is 13.8 Å². The number of carbonyl (C=O) groups is 1. The highest BCUT2D eigenvalue weighted by molar-refractivity contribution is 5.82. The number of hydrazine groups is 1. The summed E-state index contributed by atoms with van der Waals surface area (Å²) in [6.07, 6.45) is 8.26. The number of hydrogen-bond donors (Lipinski definition) is 2. The minimum absolute atomic E-state index is 0.147. The van der Waals surface area contributed by atoms with E-state index in [4.69, 9.17) is 0 Å². The predicted octanol–water partition coefficient (Wildman–Crippen LogP) is 1.96. The first-order chi connectivity index (χ1) is 13.1. The molecule has 3 fully saturated rings. The van der Waals surface area contributed by atoms with Crippen LogP contribution >= 0.6 is 0 Å². The fourth-order valence-electron chi connectivity index (χ4n) is 4.51. The Balaban J connectivity index is 1.39. The first-order valence-electron chi connectivity index (χ1n) is 10.6. The normalized spacial score (nSPS) is 29.9. The summed E-state index contributed by atoms with van der Waals surface area (Å²) in [7, 11) is 0. The maximum absolute atomic E-state index is 13.2. The van der Waals surface area contributed by atoms with E-state index in [1.54, 1.807) is 0 Å². The third kappa shape index (κ3) is 4.50. The molecule has 3 atom stereocenters. The van der Waals surface area contributed by atoms with Crippen LogP contribution in [0, 0.1) is 11.8 Å². The van der Waals surface area contributed by atoms with Crippen molar-refractivity contribution in [2.24, 2.45) is 11.8 Å². The first-order valence-corrected chi connectivity index (χ1v) is 10.6. The van der Waals surface area contributed by atoms with Crippen LogP contribution in [0.15, 0.2) is 24.5 Å². The quantitative estimate of drug-likeness (QED) is 0.829. The van der Waals surface area contributed by atoms with Crippen LogP contribution in [0.5, 0.6) is 0 Å². The third-order valence-corrected chi connectivity index (χ3v) is 6.33. The maximum atomic E-state index is 13.2. The Labute approximate surface area is 162 Å². The summed E-state index contributed by atoms with van der Waals surface area (Å²) in [6.45, 7) is 8.68. The van der Waals surface area contributed by atoms with Crippen LogP contribution < -0.4 is 10.9 Å². The van der Waals surface area contributed by atoms with E-state index in [9.17, 15) is 4.79 Å². The lowest BCUT2D eigenvalue weighted by molar-refractivity contribution is -0.133. The van der Waals surface area contributed by atoms with Crippen molar-refractivity contribution in [3.8, 4) is 0 Å². The molecule has 148 valence electrons. The van der Waals surface area contributed by atoms with Crippen LogP contribution in [0.1, 0.15) is 51.1 Å². The van der Waals surface area contributed by atoms with Gasteiger partial charge in [0.25, 0.3) is 0 Å². The van der Waals surface area contributed by atoms with E-state index in [1.807, 2.05) is 24.5 Å². The molecule has 3 heterocycles. The Kier molecular flexibility index (Phi) is 5.76. The molecule has 1 aromatic heterocycles. The van der Waals surface area contributed by atoms with Crippen molar-refractivity contribution in [1.82, 2.24) is 25.6 Å². The summed E-state index contributed by atoms with van der Waals surface area (Å²) < 4.78 is 0. The summed E-state index contributed by atoms with van der Waals surface area (Å²) in [5, 5.41) is 0. The number of pyridine rings is 1. The molecular weight excluding hydrogens is 338 g/mol. The molecule has 3 aliphatic rings. The Hall–Kier alpha value is -1.50. The molecule has 2 N–H and O–H groups in total. The van der Waals surface area contributed by atoms with E-state index in [0.717, 1.165) is 38.4 Å². The van der Waals surface area contributed by atoms with Crippen molar-refractivity contribution in [3.05, 3.63) is 30.1 Å². The highest BCUT2D eigenvalue weighted by Crippen LogP contribution is 2.32. The van der Waals surface area contributed by atoms with E-state index in [2.05, 4.69) is 39.5 Å². The first kappa shape index (κ1) is 18.8. The van der Waals surface area contributed by atoms with E-state index >= 15 is 0 Å². The molecule has 6 nitrogen and oxygen atoms in total. The molecule has 1 amide bonds. The monoisotopic (exact) mass is 371 g/mol. The zero-order valence-corrected chi connectivity index (χ0v) is 16.6. The lowest BCUT2D eigenvalue weighted by atomic mass is 10.0. The van der Waals surface area contributed by atoms with Gasteiger partial charge in [-0.3, -0.25) is 14.7 Å². The van der Waals surface area contributed by atoms with Gasteiger partial charge in [0, 0.05) is 50.7 Å². The summed E-state index contributed by atoms with van der Waals surface area (Å²) in [6, 6.07) is 4.53. The second kappa shape index (κ2) is 8.25. The highest BCUT2D eigenvalue weighted by atomic mass is 16.2. The minimum Gasteiger partial charge on any atom is -0.340 e. The Morgan fingerprint density at radius 3 is 2.70 bits per heavy atom. The van der Waals surface area contributed by atoms with Gasteiger partial charge in [-0.25, -0.2) is 10.9 Å². The van der Waals surface area contributed by atoms with E-state index in [-0.39, 0.29) is 18.0 Å². The van der Waals surface area contributed by atoms with Crippen molar-refractivity contribution in [2.45, 2.75) is 57.7 Å². The third-order valence-electron chi connectivity index (χ3n) is 6.33. The summed E-state index contributed by atoms with van der Waals surface area (Å²) >= 11 is 0. The molecule has 0 bridgehead atoms. The van der Waals surface area contributed by atoms with E-state index in [0.29, 0.717) is 12.0 Å². The average Bonchev–Trinajstić information content (AvgIpc) is 3.40. The topological polar surface area (TPSA) is 60.5 Å². The lowest BCUT2D eigenvalue weighted by Gasteiger charge is -2.35. The Morgan fingerprint density at radius 2 is 2.00 bits per heavy atom. The van der Waals surface area contributed by atoms with Gasteiger partial charge in [-0.2, -0.15) is 0 Å². The number of amides is 1. The molecule has 1 aliphatic carbocycles. The molecule has 2 aliphatic heterocycles. The van der Waals surface area contributed by atoms with E-state index in [1.165, 1.54) is 24.9 Å². The number of aromatic nitrogens is 1. The fourth-order valence-corrected chi connectivity index (χ4v) is 4.51. The molecule has 0 radical (unpaired) electrons. The van der Waals surface area contributed by atoms with Crippen LogP contribution in [0.25, 0.3) is 0 Å². The smallest absolute Gasteiger partial charge is 0.241 e. The van der Waals surface area contributed by atoms with E-state index < -0.39 is 0 Å². The second-order valence-corrected chi connectivity index (χ2v) is 8.80. The molecule has 2 saturated heterocycles. The lowest BCUT2D eigenvalue weighted by Crippen LogP contribution is -2.50. The Morgan fingerprint density at radius 1 is 1.22 bits per heavy atom. The molecule has 3 unspecified atom stereocenters. The highest BCUT2D eigenvalue weighted by Gasteiger charge is 2.37. The number of rotatable bonds is 5. The fraction of sp³-hybridized carbons (Fsp3) is 0.714. The molecule has 0 spiro atoms. The average molecular weight is 372 g/mol. The maximum Gasteiger partial charge on any atom is 0.241 e. The van der Waals surface area contributed by atoms with Gasteiger partial charge in [-0.05, 0) is 55.2 Å². The van der Waals surface area contributed by atoms with Crippen LogP contribution in [0.3, 0.4) is 0 Å². The van der Waals surface area contributed by atoms with Gasteiger partial charge in [0.05, 0.1) is 0 Å². The van der Waals surface area contributed by atoms with Crippen molar-refractivity contribution in [1.29, 1.82) is 0 Å². The molecule has 0 aromatic carbocycles. The predicted molar refractivity (Wildman–Crippen MR) is 106 cm³/mol. The van der Waals surface area contributed by atoms with Gasteiger partial charge in [0.2, 0.25) is 5.91 Å². The van der Waals surface area contributed by atoms with Crippen LogP contribution in [0.2, 0.25) is 0 Å². The SMILES string of the molecule is CC(C)C1CN(C(=O)C2CC(c3ccncc3)NN2)CCCN1CC1CC1. The zero-order valence-electron chi connectivity index (χ0n) is 16.6. The number of hydrogen-bond acceptors (Lipinski definition) is 5. The van der Waals surface area contributed by atoms with Crippen molar-refractivity contribution >= 4 is 5.91 Å². The largest absolute Gasteiger partial charge is 0.340 e. The number of nitrogens with one attached hydrogen (secondary N) is 2. The Bertz CT molecular complexity index is 633. The molecule has 6 heteroatoms. The van der Waals surface area contributed by atoms with Crippen molar-refractivity contribution in [3.63, 3.8) is 0 Å².